The van der Waals surface area contributed by atoms with Crippen molar-refractivity contribution in [2.24, 2.45) is 5.73 Å². The van der Waals surface area contributed by atoms with Crippen molar-refractivity contribution in [2.75, 3.05) is 6.61 Å². The number of aliphatic carboxylic acids is 1. The lowest BCUT2D eigenvalue weighted by atomic mass is 10.1. The third kappa shape index (κ3) is 5.25. The van der Waals surface area contributed by atoms with Crippen LogP contribution in [0.1, 0.15) is 12.0 Å². The van der Waals surface area contributed by atoms with Crippen LogP contribution in [0.25, 0.3) is 0 Å². The third-order valence-corrected chi connectivity index (χ3v) is 2.72. The Morgan fingerprint density at radius 3 is 2.35 bits per heavy atom. The normalized spacial score (nSPS) is 13.5. The molecule has 0 aromatic heterocycles. The van der Waals surface area contributed by atoms with Gasteiger partial charge in [-0.05, 0) is 24.1 Å². The summed E-state index contributed by atoms with van der Waals surface area (Å²) in [5.74, 6) is -1.65. The Bertz CT molecular complexity index is 460. The van der Waals surface area contributed by atoms with E-state index < -0.39 is 30.4 Å². The number of aliphatic hydroxyl groups excluding tert-OH is 1. The lowest BCUT2D eigenvalue weighted by Crippen LogP contribution is -2.48. The Morgan fingerprint density at radius 1 is 1.25 bits per heavy atom. The van der Waals surface area contributed by atoms with Crippen LogP contribution in [0.15, 0.2) is 24.3 Å². The maximum absolute atomic E-state index is 11.6. The molecular weight excluding hydrogens is 264 g/mol. The number of nitrogens with two attached hydrogens (primary N) is 1. The van der Waals surface area contributed by atoms with Crippen LogP contribution < -0.4 is 11.1 Å². The molecule has 0 radical (unpaired) electrons. The number of carboxylic acids is 1. The van der Waals surface area contributed by atoms with E-state index in [1.807, 2.05) is 0 Å². The number of carbonyl (C=O) groups excluding carboxylic acids is 1. The van der Waals surface area contributed by atoms with Gasteiger partial charge in [0.2, 0.25) is 5.91 Å². The summed E-state index contributed by atoms with van der Waals surface area (Å²) in [4.78, 5) is 22.1. The Morgan fingerprint density at radius 2 is 1.85 bits per heavy atom. The van der Waals surface area contributed by atoms with Crippen LogP contribution >= 0.6 is 0 Å². The summed E-state index contributed by atoms with van der Waals surface area (Å²) < 4.78 is 0. The molecule has 1 amide bonds. The SMILES string of the molecule is N[C@@H](CC(=O)O)C(=O)N[C@@H](CO)Cc1ccc(O)cc1. The van der Waals surface area contributed by atoms with E-state index in [1.54, 1.807) is 12.1 Å². The number of amides is 1. The minimum atomic E-state index is -1.16. The second-order valence-electron chi connectivity index (χ2n) is 4.46. The second kappa shape index (κ2) is 7.46. The van der Waals surface area contributed by atoms with Gasteiger partial charge in [-0.25, -0.2) is 0 Å². The summed E-state index contributed by atoms with van der Waals surface area (Å²) in [5, 5.41) is 29.4. The Balaban J connectivity index is 2.56. The molecule has 7 nitrogen and oxygen atoms in total. The van der Waals surface area contributed by atoms with Gasteiger partial charge in [-0.1, -0.05) is 12.1 Å². The van der Waals surface area contributed by atoms with E-state index in [0.29, 0.717) is 6.42 Å². The summed E-state index contributed by atoms with van der Waals surface area (Å²) in [7, 11) is 0. The van der Waals surface area contributed by atoms with E-state index >= 15 is 0 Å². The molecule has 0 aliphatic carbocycles. The van der Waals surface area contributed by atoms with Crippen molar-refractivity contribution in [2.45, 2.75) is 24.9 Å². The maximum Gasteiger partial charge on any atom is 0.305 e. The Hall–Kier alpha value is -2.12. The summed E-state index contributed by atoms with van der Waals surface area (Å²) in [6.45, 7) is -0.299. The molecule has 1 aromatic carbocycles. The predicted molar refractivity (Wildman–Crippen MR) is 71.1 cm³/mol. The fourth-order valence-corrected chi connectivity index (χ4v) is 1.67. The van der Waals surface area contributed by atoms with Crippen LogP contribution in [0, 0.1) is 0 Å². The Labute approximate surface area is 116 Å². The number of aromatic hydroxyl groups is 1. The van der Waals surface area contributed by atoms with E-state index in [9.17, 15) is 14.7 Å². The minimum absolute atomic E-state index is 0.127. The summed E-state index contributed by atoms with van der Waals surface area (Å²) in [6, 6.07) is 4.62. The van der Waals surface area contributed by atoms with Crippen LogP contribution in [-0.4, -0.2) is 45.9 Å². The smallest absolute Gasteiger partial charge is 0.305 e. The summed E-state index contributed by atoms with van der Waals surface area (Å²) in [5.41, 5.74) is 6.24. The molecule has 2 atom stereocenters. The van der Waals surface area contributed by atoms with Gasteiger partial charge < -0.3 is 26.4 Å². The highest BCUT2D eigenvalue weighted by atomic mass is 16.4. The zero-order valence-electron chi connectivity index (χ0n) is 10.8. The van der Waals surface area contributed by atoms with Crippen LogP contribution in [0.5, 0.6) is 5.75 Å². The number of phenols is 1. The zero-order chi connectivity index (χ0) is 15.1. The van der Waals surface area contributed by atoms with Gasteiger partial charge in [0, 0.05) is 0 Å². The van der Waals surface area contributed by atoms with E-state index in [1.165, 1.54) is 12.1 Å². The van der Waals surface area contributed by atoms with Gasteiger partial charge in [0.05, 0.1) is 25.1 Å². The molecule has 0 unspecified atom stereocenters. The van der Waals surface area contributed by atoms with Gasteiger partial charge in [0.15, 0.2) is 0 Å². The molecule has 20 heavy (non-hydrogen) atoms. The number of carboxylic acid groups (broad SMARTS) is 1. The molecule has 0 saturated heterocycles. The monoisotopic (exact) mass is 282 g/mol. The average Bonchev–Trinajstić information content (AvgIpc) is 2.39. The zero-order valence-corrected chi connectivity index (χ0v) is 10.8. The molecule has 0 fully saturated rings. The number of benzene rings is 1. The molecular formula is C13H18N2O5. The molecule has 110 valence electrons. The van der Waals surface area contributed by atoms with Gasteiger partial charge >= 0.3 is 5.97 Å². The van der Waals surface area contributed by atoms with Crippen molar-refractivity contribution in [1.82, 2.24) is 5.32 Å². The fourth-order valence-electron chi connectivity index (χ4n) is 1.67. The first kappa shape index (κ1) is 15.9. The molecule has 0 bridgehead atoms. The van der Waals surface area contributed by atoms with Crippen molar-refractivity contribution in [3.63, 3.8) is 0 Å². The summed E-state index contributed by atoms with van der Waals surface area (Å²) in [6.07, 6.45) is -0.120. The van der Waals surface area contributed by atoms with Crippen molar-refractivity contribution in [3.05, 3.63) is 29.8 Å². The van der Waals surface area contributed by atoms with Gasteiger partial charge in [-0.3, -0.25) is 9.59 Å². The number of rotatable bonds is 7. The van der Waals surface area contributed by atoms with Gasteiger partial charge in [-0.2, -0.15) is 0 Å². The van der Waals surface area contributed by atoms with Crippen molar-refractivity contribution >= 4 is 11.9 Å². The average molecular weight is 282 g/mol. The molecule has 6 N–H and O–H groups in total. The first-order valence-electron chi connectivity index (χ1n) is 6.09. The number of nitrogens with one attached hydrogen (secondary N) is 1. The highest BCUT2D eigenvalue weighted by Crippen LogP contribution is 2.11. The van der Waals surface area contributed by atoms with Crippen molar-refractivity contribution < 1.29 is 24.9 Å². The number of hydrogen-bond donors (Lipinski definition) is 5. The molecule has 0 aliphatic rings. The van der Waals surface area contributed by atoms with Gasteiger partial charge in [0.25, 0.3) is 0 Å². The topological polar surface area (TPSA) is 133 Å². The number of phenolic OH excluding ortho intramolecular Hbond substituents is 1. The first-order valence-corrected chi connectivity index (χ1v) is 6.09. The van der Waals surface area contributed by atoms with Crippen LogP contribution in [-0.2, 0) is 16.0 Å². The first-order chi connectivity index (χ1) is 9.42. The lowest BCUT2D eigenvalue weighted by molar-refractivity contribution is -0.139. The number of carbonyl (C=O) groups is 2. The fraction of sp³-hybridized carbons (Fsp3) is 0.385. The van der Waals surface area contributed by atoms with E-state index in [-0.39, 0.29) is 12.4 Å². The summed E-state index contributed by atoms with van der Waals surface area (Å²) >= 11 is 0. The van der Waals surface area contributed by atoms with E-state index in [4.69, 9.17) is 15.9 Å². The Kier molecular flexibility index (Phi) is 5.95. The van der Waals surface area contributed by atoms with Crippen LogP contribution in [0.4, 0.5) is 0 Å². The highest BCUT2D eigenvalue weighted by Gasteiger charge is 2.20. The quantitative estimate of drug-likeness (QED) is 0.445. The van der Waals surface area contributed by atoms with Gasteiger partial charge in [-0.15, -0.1) is 0 Å². The van der Waals surface area contributed by atoms with E-state index in [2.05, 4.69) is 5.32 Å². The predicted octanol–water partition coefficient (Wildman–Crippen LogP) is -0.786. The third-order valence-electron chi connectivity index (χ3n) is 2.72. The molecule has 1 rings (SSSR count). The number of hydrogen-bond acceptors (Lipinski definition) is 5. The largest absolute Gasteiger partial charge is 0.508 e. The molecule has 7 heteroatoms. The molecule has 0 aliphatic heterocycles. The second-order valence-corrected chi connectivity index (χ2v) is 4.46. The van der Waals surface area contributed by atoms with Crippen molar-refractivity contribution in [3.8, 4) is 5.75 Å². The van der Waals surface area contributed by atoms with Gasteiger partial charge in [0.1, 0.15) is 5.75 Å². The standard InChI is InChI=1S/C13H18N2O5/c14-11(6-12(18)19)13(20)15-9(7-16)5-8-1-3-10(17)4-2-8/h1-4,9,11,16-17H,5-7,14H2,(H,15,20)(H,18,19)/t9-,11+/m1/s1. The van der Waals surface area contributed by atoms with Crippen LogP contribution in [0.3, 0.4) is 0 Å². The minimum Gasteiger partial charge on any atom is -0.508 e. The lowest BCUT2D eigenvalue weighted by Gasteiger charge is -2.18. The number of aliphatic hydroxyl groups is 1. The van der Waals surface area contributed by atoms with Crippen molar-refractivity contribution in [1.29, 1.82) is 0 Å². The van der Waals surface area contributed by atoms with Crippen LogP contribution in [0.2, 0.25) is 0 Å². The molecule has 0 spiro atoms. The molecule has 0 saturated carbocycles. The maximum atomic E-state index is 11.6. The molecule has 1 aromatic rings. The van der Waals surface area contributed by atoms with E-state index in [0.717, 1.165) is 5.56 Å². The molecule has 0 heterocycles. The highest BCUT2D eigenvalue weighted by molar-refractivity contribution is 5.86.